The van der Waals surface area contributed by atoms with Gasteiger partial charge in [0.25, 0.3) is 0 Å². The maximum absolute atomic E-state index is 12.9. The highest BCUT2D eigenvalue weighted by Gasteiger charge is 2.29. The maximum Gasteiger partial charge on any atom is 0.335 e. The largest absolute Gasteiger partial charge is 0.494 e. The quantitative estimate of drug-likeness (QED) is 0.0280. The van der Waals surface area contributed by atoms with Crippen molar-refractivity contribution in [3.05, 3.63) is 29.8 Å². The number of aliphatic hydroxyl groups excluding tert-OH is 4. The van der Waals surface area contributed by atoms with Crippen molar-refractivity contribution in [2.75, 3.05) is 59.2 Å². The first-order valence-corrected chi connectivity index (χ1v) is 25.8. The number of carbonyl (C=O) groups is 11. The first kappa shape index (κ1) is 68.0. The lowest BCUT2D eigenvalue weighted by atomic mass is 10.1. The van der Waals surface area contributed by atoms with Crippen molar-refractivity contribution in [3.8, 4) is 5.75 Å². The van der Waals surface area contributed by atoms with E-state index in [1.54, 1.807) is 12.1 Å². The molecular weight excluding hydrogens is 1020 g/mol. The summed E-state index contributed by atoms with van der Waals surface area (Å²) in [6.07, 6.45) is 9.17. The summed E-state index contributed by atoms with van der Waals surface area (Å²) < 4.78 is 5.63. The Labute approximate surface area is 446 Å². The number of aliphatic carboxylic acids is 1. The van der Waals surface area contributed by atoms with E-state index in [-0.39, 0.29) is 30.9 Å². The molecule has 1 aromatic carbocycles. The number of carbonyl (C=O) groups excluding carboxylic acids is 9. The number of aromatic carboxylic acids is 1. The normalized spacial score (nSPS) is 13.2. The molecule has 17 N–H and O–H groups in total. The molecule has 0 fully saturated rings. The molecule has 2 unspecified atom stereocenters. The van der Waals surface area contributed by atoms with Crippen LogP contribution in [0.15, 0.2) is 24.3 Å². The number of hydrogen-bond acceptors (Lipinski definition) is 17. The Hall–Kier alpha value is -7.01. The smallest absolute Gasteiger partial charge is 0.335 e. The number of amides is 9. The van der Waals surface area contributed by atoms with Crippen molar-refractivity contribution in [2.45, 2.75) is 146 Å². The van der Waals surface area contributed by atoms with Crippen LogP contribution >= 0.6 is 0 Å². The van der Waals surface area contributed by atoms with E-state index < -0.39 is 141 Å². The van der Waals surface area contributed by atoms with E-state index in [4.69, 9.17) is 15.6 Å². The Kier molecular flexibility index (Phi) is 35.6. The van der Waals surface area contributed by atoms with Crippen LogP contribution in [0.4, 0.5) is 0 Å². The zero-order chi connectivity index (χ0) is 57.5. The Morgan fingerprint density at radius 1 is 0.468 bits per heavy atom. The van der Waals surface area contributed by atoms with E-state index in [2.05, 4.69) is 47.9 Å². The van der Waals surface area contributed by atoms with Crippen LogP contribution in [0.3, 0.4) is 0 Å². The number of carboxylic acids is 2. The van der Waals surface area contributed by atoms with Crippen LogP contribution in [-0.4, -0.2) is 191 Å². The van der Waals surface area contributed by atoms with E-state index in [1.807, 2.05) is 6.92 Å². The van der Waals surface area contributed by atoms with Gasteiger partial charge in [0.2, 0.25) is 53.2 Å². The number of nitrogens with one attached hydrogen (secondary N) is 9. The number of rotatable bonds is 43. The molecule has 6 atom stereocenters. The van der Waals surface area contributed by atoms with Gasteiger partial charge in [-0.05, 0) is 69.2 Å². The topological polar surface area (TPSA) is 453 Å². The minimum Gasteiger partial charge on any atom is -0.494 e. The van der Waals surface area contributed by atoms with E-state index in [0.29, 0.717) is 44.6 Å². The highest BCUT2D eigenvalue weighted by Crippen LogP contribution is 2.14. The van der Waals surface area contributed by atoms with Crippen molar-refractivity contribution < 1.29 is 88.1 Å². The summed E-state index contributed by atoms with van der Waals surface area (Å²) in [6, 6.07) is -2.72. The summed E-state index contributed by atoms with van der Waals surface area (Å²) in [7, 11) is 0. The fourth-order valence-corrected chi connectivity index (χ4v) is 6.98. The lowest BCUT2D eigenvalue weighted by molar-refractivity contribution is -0.142. The van der Waals surface area contributed by atoms with Crippen molar-refractivity contribution in [3.63, 3.8) is 0 Å². The number of unbranched alkanes of at least 4 members (excludes halogenated alkanes) is 9. The summed E-state index contributed by atoms with van der Waals surface area (Å²) in [5, 5.41) is 78.1. The molecule has 0 aliphatic rings. The third-order valence-corrected chi connectivity index (χ3v) is 11.5. The molecule has 0 aliphatic heterocycles. The molecule has 28 nitrogen and oxygen atoms in total. The molecule has 434 valence electrons. The lowest BCUT2D eigenvalue weighted by Crippen LogP contribution is -2.58. The van der Waals surface area contributed by atoms with Gasteiger partial charge in [0, 0.05) is 25.9 Å². The molecule has 1 aromatic rings. The van der Waals surface area contributed by atoms with Crippen LogP contribution in [0.1, 0.15) is 120 Å². The van der Waals surface area contributed by atoms with E-state index >= 15 is 0 Å². The minimum atomic E-state index is -1.74. The number of carboxylic acid groups (broad SMARTS) is 2. The van der Waals surface area contributed by atoms with Crippen LogP contribution in [0.2, 0.25) is 0 Å². The highest BCUT2D eigenvalue weighted by atomic mass is 16.5. The molecule has 0 saturated carbocycles. The minimum absolute atomic E-state index is 0.0560. The summed E-state index contributed by atoms with van der Waals surface area (Å²) >= 11 is 0. The maximum atomic E-state index is 12.9. The fraction of sp³-hybridized carbons (Fsp3) is 0.653. The molecule has 0 heterocycles. The molecule has 0 bridgehead atoms. The van der Waals surface area contributed by atoms with Crippen LogP contribution in [-0.2, 0) is 47.9 Å². The molecule has 1 rings (SSSR count). The predicted molar refractivity (Wildman–Crippen MR) is 274 cm³/mol. The number of hydrogen-bond donors (Lipinski definition) is 16. The van der Waals surface area contributed by atoms with Crippen LogP contribution in [0.5, 0.6) is 5.75 Å². The van der Waals surface area contributed by atoms with Gasteiger partial charge in [0.1, 0.15) is 36.0 Å². The molecule has 28 heteroatoms. The molecule has 0 saturated heterocycles. The Bertz CT molecular complexity index is 2030. The third kappa shape index (κ3) is 30.4. The molecular formula is C49H80N10O18. The van der Waals surface area contributed by atoms with E-state index in [0.717, 1.165) is 57.8 Å². The van der Waals surface area contributed by atoms with Gasteiger partial charge in [-0.1, -0.05) is 51.9 Å². The van der Waals surface area contributed by atoms with Crippen molar-refractivity contribution in [1.82, 2.24) is 47.9 Å². The SMILES string of the molecule is CCCCNC(=O)[C@@H](N)CCCCNC(=O)CNC(=O)[C@H](CO)NC(=O)C(CO)NC(=O)CNC(=O)C(CO)NC(=O)[C@H](CO)NC(=O)CC[C@H](NC(=O)CCCCCCCCCCOc1ccc(C(=O)O)cc1)C(=O)O. The Balaban J connectivity index is 2.42. The first-order chi connectivity index (χ1) is 36.8. The van der Waals surface area contributed by atoms with Crippen LogP contribution in [0, 0.1) is 0 Å². The fourth-order valence-electron chi connectivity index (χ4n) is 6.98. The van der Waals surface area contributed by atoms with Gasteiger partial charge in [-0.2, -0.15) is 0 Å². The van der Waals surface area contributed by atoms with E-state index in [9.17, 15) is 78.3 Å². The average Bonchev–Trinajstić information content (AvgIpc) is 3.41. The lowest BCUT2D eigenvalue weighted by Gasteiger charge is -2.22. The summed E-state index contributed by atoms with van der Waals surface area (Å²) in [6.45, 7) is -2.16. The Morgan fingerprint density at radius 2 is 0.935 bits per heavy atom. The Morgan fingerprint density at radius 3 is 1.45 bits per heavy atom. The van der Waals surface area contributed by atoms with Gasteiger partial charge < -0.3 is 89.0 Å². The summed E-state index contributed by atoms with van der Waals surface area (Å²) in [4.78, 5) is 136. The predicted octanol–water partition coefficient (Wildman–Crippen LogP) is -3.71. The van der Waals surface area contributed by atoms with Gasteiger partial charge >= 0.3 is 11.9 Å². The summed E-state index contributed by atoms with van der Waals surface area (Å²) in [5.41, 5.74) is 6.06. The highest BCUT2D eigenvalue weighted by molar-refractivity contribution is 5.96. The van der Waals surface area contributed by atoms with Gasteiger partial charge in [-0.3, -0.25) is 43.2 Å². The monoisotopic (exact) mass is 1100 g/mol. The first-order valence-electron chi connectivity index (χ1n) is 25.8. The average molecular weight is 1100 g/mol. The molecule has 9 amide bonds. The molecule has 77 heavy (non-hydrogen) atoms. The van der Waals surface area contributed by atoms with Crippen molar-refractivity contribution in [1.29, 1.82) is 0 Å². The second-order valence-electron chi connectivity index (χ2n) is 17.9. The van der Waals surface area contributed by atoms with Gasteiger partial charge in [0.15, 0.2) is 0 Å². The second kappa shape index (κ2) is 40.3. The van der Waals surface area contributed by atoms with Crippen LogP contribution < -0.4 is 58.3 Å². The number of ether oxygens (including phenoxy) is 1. The number of nitrogens with two attached hydrogens (primary N) is 1. The third-order valence-electron chi connectivity index (χ3n) is 11.5. The zero-order valence-corrected chi connectivity index (χ0v) is 43.6. The van der Waals surface area contributed by atoms with E-state index in [1.165, 1.54) is 12.1 Å². The molecule has 0 aliphatic carbocycles. The standard InChI is InChI=1S/C49H80N10O18/c1-2-3-22-52-43(68)33(50)14-11-12-23-51-41(66)25-53-44(69)35(27-60)59-47(72)38(30-63)57-42(67)26-54-45(70)36(28-61)58-46(71)37(29-62)56-40(65)21-20-34(49(75)76)55-39(64)15-10-8-6-4-5-7-9-13-24-77-32-18-16-31(17-19-32)48(73)74/h16-19,33-38,60-63H,2-15,20-30,50H2,1H3,(H,51,66)(H,52,68)(H,53,69)(H,54,70)(H,55,64)(H,56,65)(H,57,67)(H,58,71)(H,59,72)(H,73,74)(H,75,76)/t33-,34-,35-,36?,37-,38?/m0/s1. The molecule has 0 aromatic heterocycles. The van der Waals surface area contributed by atoms with Gasteiger partial charge in [0.05, 0.1) is 57.7 Å². The summed E-state index contributed by atoms with van der Waals surface area (Å²) in [5.74, 6) is -9.60. The van der Waals surface area contributed by atoms with Gasteiger partial charge in [-0.15, -0.1) is 0 Å². The van der Waals surface area contributed by atoms with Gasteiger partial charge in [-0.25, -0.2) is 9.59 Å². The number of benzene rings is 1. The van der Waals surface area contributed by atoms with Crippen molar-refractivity contribution >= 4 is 65.1 Å². The van der Waals surface area contributed by atoms with Crippen molar-refractivity contribution in [2.24, 2.45) is 5.73 Å². The number of aliphatic hydroxyl groups is 4. The zero-order valence-electron chi connectivity index (χ0n) is 43.6. The second-order valence-corrected chi connectivity index (χ2v) is 17.9. The van der Waals surface area contributed by atoms with Crippen LogP contribution in [0.25, 0.3) is 0 Å². The molecule has 0 spiro atoms. The molecule has 0 radical (unpaired) electrons.